The normalized spacial score (nSPS) is 11.3. The van der Waals surface area contributed by atoms with Crippen molar-refractivity contribution in [2.45, 2.75) is 26.3 Å². The lowest BCUT2D eigenvalue weighted by molar-refractivity contribution is 0.0972. The minimum atomic E-state index is -0.573. The van der Waals surface area contributed by atoms with Crippen molar-refractivity contribution in [3.63, 3.8) is 0 Å². The molecule has 4 N–H and O–H groups in total. The largest absolute Gasteiger partial charge is 0.454 e. The summed E-state index contributed by atoms with van der Waals surface area (Å²) >= 11 is 0. The molecular weight excluding hydrogens is 304 g/mol. The lowest BCUT2D eigenvalue weighted by Crippen LogP contribution is -2.37. The molecule has 6 nitrogen and oxygen atoms in total. The molecule has 1 amide bonds. The van der Waals surface area contributed by atoms with Gasteiger partial charge in [-0.15, -0.1) is 0 Å². The zero-order valence-electron chi connectivity index (χ0n) is 13.9. The summed E-state index contributed by atoms with van der Waals surface area (Å²) in [5.41, 5.74) is 6.50. The molecule has 0 spiro atoms. The topological polar surface area (TPSA) is 92.6 Å². The van der Waals surface area contributed by atoms with Gasteiger partial charge in [-0.25, -0.2) is 4.99 Å². The Morgan fingerprint density at radius 2 is 1.96 bits per heavy atom. The Morgan fingerprint density at radius 1 is 1.17 bits per heavy atom. The quantitative estimate of drug-likeness (QED) is 0.393. The van der Waals surface area contributed by atoms with Gasteiger partial charge in [-0.1, -0.05) is 30.3 Å². The number of rotatable bonds is 8. The summed E-state index contributed by atoms with van der Waals surface area (Å²) in [5.74, 6) is 0.907. The summed E-state index contributed by atoms with van der Waals surface area (Å²) in [6.45, 7) is 3.96. The summed E-state index contributed by atoms with van der Waals surface area (Å²) in [4.78, 5) is 15.5. The zero-order valence-corrected chi connectivity index (χ0v) is 13.9. The first kappa shape index (κ1) is 17.6. The van der Waals surface area contributed by atoms with Crippen molar-refractivity contribution in [1.82, 2.24) is 10.6 Å². The molecule has 1 heterocycles. The van der Waals surface area contributed by atoms with Crippen molar-refractivity contribution in [2.75, 3.05) is 13.1 Å². The number of aliphatic imine (C=N–C) groups is 1. The molecule has 2 rings (SSSR count). The first-order valence-corrected chi connectivity index (χ1v) is 8.13. The maximum atomic E-state index is 11.0. The Bertz CT molecular complexity index is 665. The maximum absolute atomic E-state index is 11.0. The molecular formula is C18H24N4O2. The monoisotopic (exact) mass is 328 g/mol. The van der Waals surface area contributed by atoms with Gasteiger partial charge in [0.25, 0.3) is 5.91 Å². The van der Waals surface area contributed by atoms with Gasteiger partial charge in [0.2, 0.25) is 0 Å². The number of primary amides is 1. The fourth-order valence-electron chi connectivity index (χ4n) is 2.24. The Kier molecular flexibility index (Phi) is 6.89. The summed E-state index contributed by atoms with van der Waals surface area (Å²) in [7, 11) is 0. The van der Waals surface area contributed by atoms with Crippen LogP contribution in [0.25, 0.3) is 0 Å². The lowest BCUT2D eigenvalue weighted by Gasteiger charge is -2.10. The predicted molar refractivity (Wildman–Crippen MR) is 94.8 cm³/mol. The van der Waals surface area contributed by atoms with Crippen LogP contribution in [0.3, 0.4) is 0 Å². The number of aryl methyl sites for hydroxylation is 1. The van der Waals surface area contributed by atoms with Gasteiger partial charge in [0.05, 0.1) is 0 Å². The van der Waals surface area contributed by atoms with Crippen molar-refractivity contribution >= 4 is 11.9 Å². The zero-order chi connectivity index (χ0) is 17.2. The molecule has 128 valence electrons. The van der Waals surface area contributed by atoms with E-state index in [0.29, 0.717) is 12.3 Å². The van der Waals surface area contributed by atoms with Crippen molar-refractivity contribution in [1.29, 1.82) is 0 Å². The smallest absolute Gasteiger partial charge is 0.284 e. The van der Waals surface area contributed by atoms with Gasteiger partial charge in [0.1, 0.15) is 12.3 Å². The number of carbonyl (C=O) groups excluding carboxylic acids is 1. The number of guanidine groups is 1. The van der Waals surface area contributed by atoms with E-state index >= 15 is 0 Å². The van der Waals surface area contributed by atoms with E-state index < -0.39 is 5.91 Å². The van der Waals surface area contributed by atoms with Gasteiger partial charge in [-0.05, 0) is 37.5 Å². The van der Waals surface area contributed by atoms with E-state index in [9.17, 15) is 4.79 Å². The van der Waals surface area contributed by atoms with Crippen LogP contribution in [0.5, 0.6) is 0 Å². The van der Waals surface area contributed by atoms with Crippen LogP contribution >= 0.6 is 0 Å². The van der Waals surface area contributed by atoms with Crippen LogP contribution in [0.2, 0.25) is 0 Å². The van der Waals surface area contributed by atoms with E-state index in [1.54, 1.807) is 12.1 Å². The van der Waals surface area contributed by atoms with Crippen LogP contribution in [-0.2, 0) is 13.0 Å². The van der Waals surface area contributed by atoms with Crippen LogP contribution in [-0.4, -0.2) is 25.0 Å². The Morgan fingerprint density at radius 3 is 2.62 bits per heavy atom. The van der Waals surface area contributed by atoms with Gasteiger partial charge in [0.15, 0.2) is 11.7 Å². The molecule has 0 radical (unpaired) electrons. The minimum absolute atomic E-state index is 0.154. The van der Waals surface area contributed by atoms with E-state index in [0.717, 1.165) is 31.9 Å². The van der Waals surface area contributed by atoms with Crippen molar-refractivity contribution in [3.8, 4) is 0 Å². The van der Waals surface area contributed by atoms with E-state index in [4.69, 9.17) is 10.2 Å². The lowest BCUT2D eigenvalue weighted by atomic mass is 10.1. The maximum Gasteiger partial charge on any atom is 0.284 e. The SMILES string of the molecule is CCNC(=NCc1ccc(C(N)=O)o1)NCCCc1ccccc1. The van der Waals surface area contributed by atoms with E-state index in [1.807, 2.05) is 13.0 Å². The minimum Gasteiger partial charge on any atom is -0.454 e. The van der Waals surface area contributed by atoms with E-state index in [-0.39, 0.29) is 5.76 Å². The second kappa shape index (κ2) is 9.39. The predicted octanol–water partition coefficient (Wildman–Crippen LogP) is 2.07. The number of nitrogens with zero attached hydrogens (tertiary/aromatic N) is 1. The molecule has 24 heavy (non-hydrogen) atoms. The van der Waals surface area contributed by atoms with Gasteiger partial charge >= 0.3 is 0 Å². The summed E-state index contributed by atoms with van der Waals surface area (Å²) in [5, 5.41) is 6.48. The highest BCUT2D eigenvalue weighted by molar-refractivity contribution is 5.89. The number of hydrogen-bond donors (Lipinski definition) is 3. The third-order valence-corrected chi connectivity index (χ3v) is 3.42. The average molecular weight is 328 g/mol. The Labute approximate surface area is 142 Å². The molecule has 0 saturated carbocycles. The summed E-state index contributed by atoms with van der Waals surface area (Å²) < 4.78 is 5.32. The second-order valence-corrected chi connectivity index (χ2v) is 5.34. The molecule has 0 aliphatic carbocycles. The van der Waals surface area contributed by atoms with Gasteiger partial charge < -0.3 is 20.8 Å². The number of carbonyl (C=O) groups is 1. The fourth-order valence-corrected chi connectivity index (χ4v) is 2.24. The van der Waals surface area contributed by atoms with Crippen LogP contribution in [0.1, 0.15) is 35.2 Å². The van der Waals surface area contributed by atoms with Gasteiger partial charge in [-0.2, -0.15) is 0 Å². The van der Waals surface area contributed by atoms with Crippen LogP contribution < -0.4 is 16.4 Å². The van der Waals surface area contributed by atoms with Gasteiger partial charge in [-0.3, -0.25) is 4.79 Å². The highest BCUT2D eigenvalue weighted by atomic mass is 16.3. The standard InChI is InChI=1S/C18H24N4O2/c1-2-20-18(21-12-6-9-14-7-4-3-5-8-14)22-13-15-10-11-16(24-15)17(19)23/h3-5,7-8,10-11H,2,6,9,12-13H2,1H3,(H2,19,23)(H2,20,21,22). The molecule has 0 saturated heterocycles. The number of nitrogens with two attached hydrogens (primary N) is 1. The third kappa shape index (κ3) is 5.79. The molecule has 0 bridgehead atoms. The summed E-state index contributed by atoms with van der Waals surface area (Å²) in [6, 6.07) is 13.7. The number of benzene rings is 1. The first-order valence-electron chi connectivity index (χ1n) is 8.13. The fraction of sp³-hybridized carbons (Fsp3) is 0.333. The van der Waals surface area contributed by atoms with Crippen molar-refractivity contribution < 1.29 is 9.21 Å². The third-order valence-electron chi connectivity index (χ3n) is 3.42. The van der Waals surface area contributed by atoms with E-state index in [1.165, 1.54) is 5.56 Å². The Hall–Kier alpha value is -2.76. The number of amides is 1. The molecule has 0 aliphatic heterocycles. The van der Waals surface area contributed by atoms with Crippen LogP contribution in [0, 0.1) is 0 Å². The summed E-state index contributed by atoms with van der Waals surface area (Å²) in [6.07, 6.45) is 2.04. The molecule has 0 atom stereocenters. The molecule has 1 aromatic heterocycles. The van der Waals surface area contributed by atoms with Gasteiger partial charge in [0, 0.05) is 13.1 Å². The van der Waals surface area contributed by atoms with Crippen LogP contribution in [0.15, 0.2) is 51.9 Å². The second-order valence-electron chi connectivity index (χ2n) is 5.34. The molecule has 6 heteroatoms. The highest BCUT2D eigenvalue weighted by Gasteiger charge is 2.06. The first-order chi connectivity index (χ1) is 11.7. The average Bonchev–Trinajstić information content (AvgIpc) is 3.06. The van der Waals surface area contributed by atoms with Crippen molar-refractivity contribution in [3.05, 3.63) is 59.5 Å². The number of hydrogen-bond acceptors (Lipinski definition) is 3. The van der Waals surface area contributed by atoms with E-state index in [2.05, 4.69) is 39.9 Å². The molecule has 1 aromatic carbocycles. The highest BCUT2D eigenvalue weighted by Crippen LogP contribution is 2.08. The molecule has 2 aromatic rings. The molecule has 0 unspecified atom stereocenters. The van der Waals surface area contributed by atoms with Crippen molar-refractivity contribution in [2.24, 2.45) is 10.7 Å². The molecule has 0 aliphatic rings. The Balaban J connectivity index is 1.80. The van der Waals surface area contributed by atoms with Crippen LogP contribution in [0.4, 0.5) is 0 Å². The molecule has 0 fully saturated rings. The number of nitrogens with one attached hydrogen (secondary N) is 2. The number of furan rings is 1.